The van der Waals surface area contributed by atoms with Crippen molar-refractivity contribution in [2.45, 2.75) is 13.5 Å². The number of anilines is 5. The number of aromatic nitrogens is 2. The van der Waals surface area contributed by atoms with Gasteiger partial charge in [-0.1, -0.05) is 18.2 Å². The lowest BCUT2D eigenvalue weighted by molar-refractivity contribution is -0.111. The summed E-state index contributed by atoms with van der Waals surface area (Å²) in [6.45, 7) is 5.79. The third-order valence-electron chi connectivity index (χ3n) is 5.20. The maximum atomic E-state index is 11.6. The highest BCUT2D eigenvalue weighted by Gasteiger charge is 2.11. The lowest BCUT2D eigenvalue weighted by Crippen LogP contribution is -2.36. The van der Waals surface area contributed by atoms with E-state index in [1.165, 1.54) is 18.1 Å². The topological polar surface area (TPSA) is 91.4 Å². The molecule has 0 radical (unpaired) electrons. The van der Waals surface area contributed by atoms with Crippen LogP contribution in [0.3, 0.4) is 0 Å². The van der Waals surface area contributed by atoms with Gasteiger partial charge in [0.1, 0.15) is 18.0 Å². The molecule has 1 aromatic heterocycles. The maximum Gasteiger partial charge on any atom is 0.248 e. The fourth-order valence-corrected chi connectivity index (χ4v) is 3.48. The summed E-state index contributed by atoms with van der Waals surface area (Å²) in [5.41, 5.74) is 3.99. The minimum absolute atomic E-state index is 0.139. The number of nitrogens with one attached hydrogen (secondary N) is 3. The second kappa shape index (κ2) is 11.1. The van der Waals surface area contributed by atoms with Crippen LogP contribution in [0.1, 0.15) is 12.5 Å². The molecule has 2 aromatic carbocycles. The van der Waals surface area contributed by atoms with Crippen molar-refractivity contribution < 1.29 is 9.53 Å². The van der Waals surface area contributed by atoms with Gasteiger partial charge in [-0.2, -0.15) is 0 Å². The van der Waals surface area contributed by atoms with Crippen LogP contribution in [-0.4, -0.2) is 42.2 Å². The van der Waals surface area contributed by atoms with Crippen molar-refractivity contribution >= 4 is 34.6 Å². The molecular weight excluding hydrogens is 416 g/mol. The predicted octanol–water partition coefficient (Wildman–Crippen LogP) is 4.18. The van der Waals surface area contributed by atoms with Gasteiger partial charge in [-0.05, 0) is 55.0 Å². The largest absolute Gasteiger partial charge is 0.378 e. The molecule has 8 nitrogen and oxygen atoms in total. The van der Waals surface area contributed by atoms with Crippen LogP contribution < -0.4 is 20.9 Å². The van der Waals surface area contributed by atoms with Gasteiger partial charge < -0.3 is 25.6 Å². The highest BCUT2D eigenvalue weighted by atomic mass is 16.5. The van der Waals surface area contributed by atoms with E-state index in [-0.39, 0.29) is 5.91 Å². The van der Waals surface area contributed by atoms with Crippen LogP contribution in [0.4, 0.5) is 28.7 Å². The summed E-state index contributed by atoms with van der Waals surface area (Å²) in [5, 5.41) is 9.45. The average molecular weight is 445 g/mol. The molecule has 170 valence electrons. The lowest BCUT2D eigenvalue weighted by atomic mass is 10.2. The Hall–Kier alpha value is -3.91. The van der Waals surface area contributed by atoms with Gasteiger partial charge in [-0.25, -0.2) is 9.97 Å². The molecule has 2 heterocycles. The van der Waals surface area contributed by atoms with Crippen molar-refractivity contribution in [2.75, 3.05) is 47.2 Å². The molecule has 1 aliphatic heterocycles. The second-order valence-corrected chi connectivity index (χ2v) is 7.60. The number of rotatable bonds is 8. The number of carbonyl (C=O) groups is 1. The first kappa shape index (κ1) is 22.3. The molecule has 0 unspecified atom stereocenters. The van der Waals surface area contributed by atoms with Gasteiger partial charge in [-0.15, -0.1) is 0 Å². The quantitative estimate of drug-likeness (QED) is 0.449. The fraction of sp³-hybridized carbons (Fsp3) is 0.240. The molecule has 0 spiro atoms. The van der Waals surface area contributed by atoms with Gasteiger partial charge in [0.25, 0.3) is 0 Å². The van der Waals surface area contributed by atoms with Gasteiger partial charge in [-0.3, -0.25) is 4.79 Å². The van der Waals surface area contributed by atoms with E-state index >= 15 is 0 Å². The van der Waals surface area contributed by atoms with Crippen LogP contribution in [0.2, 0.25) is 0 Å². The third kappa shape index (κ3) is 6.54. The van der Waals surface area contributed by atoms with Crippen LogP contribution in [0.25, 0.3) is 0 Å². The van der Waals surface area contributed by atoms with E-state index in [0.29, 0.717) is 12.4 Å². The Morgan fingerprint density at radius 2 is 1.70 bits per heavy atom. The minimum Gasteiger partial charge on any atom is -0.378 e. The molecule has 0 saturated carbocycles. The van der Waals surface area contributed by atoms with E-state index in [1.807, 2.05) is 37.3 Å². The van der Waals surface area contributed by atoms with E-state index in [4.69, 9.17) is 4.74 Å². The van der Waals surface area contributed by atoms with Crippen LogP contribution in [0, 0.1) is 0 Å². The summed E-state index contributed by atoms with van der Waals surface area (Å²) in [7, 11) is 0. The molecule has 0 atom stereocenters. The van der Waals surface area contributed by atoms with Crippen LogP contribution in [-0.2, 0) is 16.1 Å². The maximum absolute atomic E-state index is 11.6. The summed E-state index contributed by atoms with van der Waals surface area (Å²) in [4.78, 5) is 22.6. The van der Waals surface area contributed by atoms with Gasteiger partial charge in [0, 0.05) is 42.8 Å². The molecule has 3 aromatic rings. The molecule has 1 aliphatic rings. The van der Waals surface area contributed by atoms with Gasteiger partial charge in [0.2, 0.25) is 5.91 Å². The molecular formula is C25H28N6O2. The fourth-order valence-electron chi connectivity index (χ4n) is 3.48. The Morgan fingerprint density at radius 3 is 2.42 bits per heavy atom. The number of allylic oxidation sites excluding steroid dienone is 1. The highest BCUT2D eigenvalue weighted by Crippen LogP contribution is 2.22. The van der Waals surface area contributed by atoms with E-state index in [9.17, 15) is 4.79 Å². The van der Waals surface area contributed by atoms with Gasteiger partial charge in [0.05, 0.1) is 13.2 Å². The first-order valence-electron chi connectivity index (χ1n) is 11.0. The van der Waals surface area contributed by atoms with E-state index < -0.39 is 0 Å². The Kier molecular flexibility index (Phi) is 7.50. The zero-order chi connectivity index (χ0) is 22.9. The van der Waals surface area contributed by atoms with Crippen molar-refractivity contribution in [3.05, 3.63) is 78.6 Å². The van der Waals surface area contributed by atoms with E-state index in [1.54, 1.807) is 6.08 Å². The first-order valence-corrected chi connectivity index (χ1v) is 11.0. The predicted molar refractivity (Wildman–Crippen MR) is 132 cm³/mol. The number of ether oxygens (including phenoxy) is 1. The van der Waals surface area contributed by atoms with Crippen molar-refractivity contribution in [2.24, 2.45) is 0 Å². The highest BCUT2D eigenvalue weighted by molar-refractivity contribution is 5.99. The zero-order valence-corrected chi connectivity index (χ0v) is 18.6. The summed E-state index contributed by atoms with van der Waals surface area (Å²) in [5.74, 6) is 1.30. The molecule has 1 fully saturated rings. The number of benzene rings is 2. The number of hydrogen-bond acceptors (Lipinski definition) is 7. The van der Waals surface area contributed by atoms with Crippen molar-refractivity contribution in [1.29, 1.82) is 0 Å². The Labute approximate surface area is 193 Å². The number of amides is 1. The lowest BCUT2D eigenvalue weighted by Gasteiger charge is -2.28. The smallest absolute Gasteiger partial charge is 0.248 e. The van der Waals surface area contributed by atoms with Crippen molar-refractivity contribution in [1.82, 2.24) is 9.97 Å². The number of morpholine rings is 1. The van der Waals surface area contributed by atoms with Crippen LogP contribution >= 0.6 is 0 Å². The normalized spacial score (nSPS) is 13.7. The van der Waals surface area contributed by atoms with Crippen LogP contribution in [0.15, 0.2) is 73.1 Å². The molecule has 3 N–H and O–H groups in total. The molecule has 1 amide bonds. The zero-order valence-electron chi connectivity index (χ0n) is 18.6. The average Bonchev–Trinajstić information content (AvgIpc) is 2.85. The summed E-state index contributed by atoms with van der Waals surface area (Å²) in [6.07, 6.45) is 4.74. The standard InChI is InChI=1S/C25H28N6O2/c1-2-3-25(32)30-21-6-4-19(5-7-21)17-26-23-16-24(28-18-27-23)29-20-8-10-22(11-9-20)31-12-14-33-15-13-31/h2-11,16,18H,12-15,17H2,1H3,(H,30,32)(H2,26,27,28,29)/b3-2+. The van der Waals surface area contributed by atoms with Gasteiger partial charge in [0.15, 0.2) is 0 Å². The van der Waals surface area contributed by atoms with Crippen LogP contribution in [0.5, 0.6) is 0 Å². The minimum atomic E-state index is -0.139. The summed E-state index contributed by atoms with van der Waals surface area (Å²) >= 11 is 0. The molecule has 8 heteroatoms. The van der Waals surface area contributed by atoms with E-state index in [2.05, 4.69) is 55.1 Å². The summed E-state index contributed by atoms with van der Waals surface area (Å²) in [6, 6.07) is 17.9. The SMILES string of the molecule is C/C=C/C(=O)Nc1ccc(CNc2cc(Nc3ccc(N4CCOCC4)cc3)ncn2)cc1. The monoisotopic (exact) mass is 444 g/mol. The Morgan fingerprint density at radius 1 is 1.00 bits per heavy atom. The molecule has 0 bridgehead atoms. The number of hydrogen-bond donors (Lipinski definition) is 3. The van der Waals surface area contributed by atoms with Crippen molar-refractivity contribution in [3.63, 3.8) is 0 Å². The van der Waals surface area contributed by atoms with Crippen molar-refractivity contribution in [3.8, 4) is 0 Å². The summed E-state index contributed by atoms with van der Waals surface area (Å²) < 4.78 is 5.42. The van der Waals surface area contributed by atoms with E-state index in [0.717, 1.165) is 49.1 Å². The third-order valence-corrected chi connectivity index (χ3v) is 5.20. The molecule has 1 saturated heterocycles. The molecule has 33 heavy (non-hydrogen) atoms. The second-order valence-electron chi connectivity index (χ2n) is 7.60. The number of nitrogens with zero attached hydrogens (tertiary/aromatic N) is 3. The molecule has 0 aliphatic carbocycles. The molecule has 4 rings (SSSR count). The van der Waals surface area contributed by atoms with Gasteiger partial charge >= 0.3 is 0 Å². The number of carbonyl (C=O) groups excluding carboxylic acids is 1. The Balaban J connectivity index is 1.31. The first-order chi connectivity index (χ1) is 16.2. The Bertz CT molecular complexity index is 1080.